The predicted octanol–water partition coefficient (Wildman–Crippen LogP) is 1.33. The van der Waals surface area contributed by atoms with Gasteiger partial charge in [-0.05, 0) is 12.8 Å². The molecule has 1 aliphatic heterocycles. The summed E-state index contributed by atoms with van der Waals surface area (Å²) < 4.78 is 10.0. The van der Waals surface area contributed by atoms with Gasteiger partial charge in [0.25, 0.3) is 0 Å². The van der Waals surface area contributed by atoms with Crippen LogP contribution < -0.4 is 0 Å². The lowest BCUT2D eigenvalue weighted by Crippen LogP contribution is -2.38. The Morgan fingerprint density at radius 2 is 2.00 bits per heavy atom. The summed E-state index contributed by atoms with van der Waals surface area (Å²) in [5.41, 5.74) is 0. The second-order valence-electron chi connectivity index (χ2n) is 4.44. The van der Waals surface area contributed by atoms with Crippen LogP contribution in [0.3, 0.4) is 0 Å². The number of hydrogen-bond acceptors (Lipinski definition) is 4. The van der Waals surface area contributed by atoms with E-state index in [4.69, 9.17) is 9.47 Å². The normalized spacial score (nSPS) is 30.9. The molecule has 1 fully saturated rings. The van der Waals surface area contributed by atoms with Crippen molar-refractivity contribution in [1.82, 2.24) is 4.90 Å². The van der Waals surface area contributed by atoms with Crippen molar-refractivity contribution < 1.29 is 19.1 Å². The molecule has 1 heterocycles. The van der Waals surface area contributed by atoms with E-state index in [1.165, 1.54) is 14.0 Å². The van der Waals surface area contributed by atoms with Crippen LogP contribution >= 0.6 is 0 Å². The number of methoxy groups -OCH3 is 1. The van der Waals surface area contributed by atoms with Crippen molar-refractivity contribution in [2.75, 3.05) is 13.7 Å². The predicted molar refractivity (Wildman–Crippen MR) is 60.3 cm³/mol. The first-order valence-corrected chi connectivity index (χ1v) is 5.80. The van der Waals surface area contributed by atoms with Gasteiger partial charge in [0.05, 0.1) is 13.7 Å². The Labute approximate surface area is 100 Å². The van der Waals surface area contributed by atoms with Crippen molar-refractivity contribution in [3.63, 3.8) is 0 Å². The number of amides is 1. The summed E-state index contributed by atoms with van der Waals surface area (Å²) in [6, 6.07) is 0.0943. The summed E-state index contributed by atoms with van der Waals surface area (Å²) in [7, 11) is 1.37. The summed E-state index contributed by atoms with van der Waals surface area (Å²) in [5.74, 6) is -0.0991. The monoisotopic (exact) mass is 239 g/mol. The van der Waals surface area contributed by atoms with Gasteiger partial charge in [0.15, 0.2) is 0 Å². The molecule has 1 aliphatic carbocycles. The second kappa shape index (κ2) is 4.77. The number of rotatable bonds is 1. The Hall–Kier alpha value is -1.52. The Kier molecular flexibility index (Phi) is 3.36. The number of hydrogen-bond donors (Lipinski definition) is 0. The molecule has 0 N–H and O–H groups in total. The maximum absolute atomic E-state index is 11.6. The van der Waals surface area contributed by atoms with Crippen LogP contribution in [0, 0.1) is 5.92 Å². The highest BCUT2D eigenvalue weighted by Crippen LogP contribution is 2.35. The lowest BCUT2D eigenvalue weighted by molar-refractivity contribution is -0.147. The molecule has 1 amide bonds. The number of fused-ring (bicyclic) bond motifs is 1. The molecular weight excluding hydrogens is 222 g/mol. The SMILES string of the molecule is COC(=O)N1C[C@H](OC(C)=O)[C@H]2CC=CC[C@@H]21. The van der Waals surface area contributed by atoms with Gasteiger partial charge in [-0.2, -0.15) is 0 Å². The van der Waals surface area contributed by atoms with E-state index in [2.05, 4.69) is 12.2 Å². The van der Waals surface area contributed by atoms with Crippen molar-refractivity contribution in [2.24, 2.45) is 5.92 Å². The van der Waals surface area contributed by atoms with Crippen LogP contribution in [0.4, 0.5) is 4.79 Å². The maximum Gasteiger partial charge on any atom is 0.409 e. The van der Waals surface area contributed by atoms with Gasteiger partial charge in [0.2, 0.25) is 0 Å². The fraction of sp³-hybridized carbons (Fsp3) is 0.667. The summed E-state index contributed by atoms with van der Waals surface area (Å²) in [4.78, 5) is 24.4. The van der Waals surface area contributed by atoms with Gasteiger partial charge < -0.3 is 14.4 Å². The average molecular weight is 239 g/mol. The maximum atomic E-state index is 11.6. The Morgan fingerprint density at radius 1 is 1.29 bits per heavy atom. The largest absolute Gasteiger partial charge is 0.460 e. The van der Waals surface area contributed by atoms with Crippen molar-refractivity contribution >= 4 is 12.1 Å². The van der Waals surface area contributed by atoms with Gasteiger partial charge in [0, 0.05) is 18.9 Å². The van der Waals surface area contributed by atoms with Gasteiger partial charge in [-0.25, -0.2) is 4.79 Å². The second-order valence-corrected chi connectivity index (χ2v) is 4.44. The van der Waals surface area contributed by atoms with Crippen molar-refractivity contribution in [1.29, 1.82) is 0 Å². The third-order valence-electron chi connectivity index (χ3n) is 3.43. The van der Waals surface area contributed by atoms with E-state index in [9.17, 15) is 9.59 Å². The van der Waals surface area contributed by atoms with Crippen LogP contribution in [0.25, 0.3) is 0 Å². The van der Waals surface area contributed by atoms with Crippen LogP contribution in [0.1, 0.15) is 19.8 Å². The number of esters is 1. The number of carbonyl (C=O) groups is 2. The summed E-state index contributed by atoms with van der Waals surface area (Å²) in [6.45, 7) is 1.83. The first kappa shape index (κ1) is 12.0. The summed E-state index contributed by atoms with van der Waals surface area (Å²) >= 11 is 0. The van der Waals surface area contributed by atoms with E-state index < -0.39 is 0 Å². The smallest absolute Gasteiger partial charge is 0.409 e. The molecule has 94 valence electrons. The number of nitrogens with zero attached hydrogens (tertiary/aromatic N) is 1. The zero-order valence-corrected chi connectivity index (χ0v) is 10.1. The minimum atomic E-state index is -0.343. The molecule has 1 saturated heterocycles. The highest BCUT2D eigenvalue weighted by atomic mass is 16.6. The van der Waals surface area contributed by atoms with E-state index in [1.807, 2.05) is 0 Å². The van der Waals surface area contributed by atoms with Crippen LogP contribution in [0.15, 0.2) is 12.2 Å². The molecule has 0 aromatic heterocycles. The summed E-state index contributed by atoms with van der Waals surface area (Å²) in [6.07, 6.45) is 5.24. The molecule has 5 nitrogen and oxygen atoms in total. The average Bonchev–Trinajstić information content (AvgIpc) is 2.67. The van der Waals surface area contributed by atoms with Crippen LogP contribution in [0.2, 0.25) is 0 Å². The fourth-order valence-corrected chi connectivity index (χ4v) is 2.71. The van der Waals surface area contributed by atoms with Crippen molar-refractivity contribution in [3.05, 3.63) is 12.2 Å². The molecule has 5 heteroatoms. The van der Waals surface area contributed by atoms with Gasteiger partial charge in [-0.15, -0.1) is 0 Å². The Balaban J connectivity index is 2.14. The number of carbonyl (C=O) groups excluding carboxylic acids is 2. The van der Waals surface area contributed by atoms with Crippen LogP contribution in [-0.2, 0) is 14.3 Å². The van der Waals surface area contributed by atoms with E-state index in [-0.39, 0.29) is 30.1 Å². The molecule has 17 heavy (non-hydrogen) atoms. The lowest BCUT2D eigenvalue weighted by Gasteiger charge is -2.28. The molecular formula is C12H17NO4. The zero-order chi connectivity index (χ0) is 12.4. The molecule has 0 aromatic rings. The Morgan fingerprint density at radius 3 is 2.65 bits per heavy atom. The molecule has 0 spiro atoms. The zero-order valence-electron chi connectivity index (χ0n) is 10.1. The fourth-order valence-electron chi connectivity index (χ4n) is 2.71. The third kappa shape index (κ3) is 2.28. The first-order valence-electron chi connectivity index (χ1n) is 5.80. The Bertz CT molecular complexity index is 352. The molecule has 0 bridgehead atoms. The molecule has 0 unspecified atom stereocenters. The molecule has 3 atom stereocenters. The highest BCUT2D eigenvalue weighted by Gasteiger charge is 2.45. The van der Waals surface area contributed by atoms with Gasteiger partial charge >= 0.3 is 12.1 Å². The molecule has 0 radical (unpaired) electrons. The molecule has 0 aromatic carbocycles. The van der Waals surface area contributed by atoms with E-state index in [1.54, 1.807) is 4.90 Å². The molecule has 2 aliphatic rings. The standard InChI is InChI=1S/C12H17NO4/c1-8(14)17-11-7-13(12(15)16-2)10-6-4-3-5-9(10)11/h3-4,9-11H,5-7H2,1-2H3/t9-,10-,11-/m0/s1. The lowest BCUT2D eigenvalue weighted by atomic mass is 9.88. The number of ether oxygens (including phenoxy) is 2. The van der Waals surface area contributed by atoms with E-state index >= 15 is 0 Å². The quantitative estimate of drug-likeness (QED) is 0.511. The van der Waals surface area contributed by atoms with Crippen molar-refractivity contribution in [3.8, 4) is 0 Å². The number of allylic oxidation sites excluding steroid dienone is 1. The van der Waals surface area contributed by atoms with Gasteiger partial charge in [0.1, 0.15) is 6.10 Å². The minimum Gasteiger partial charge on any atom is -0.460 e. The minimum absolute atomic E-state index is 0.0943. The summed E-state index contributed by atoms with van der Waals surface area (Å²) in [5, 5.41) is 0. The highest BCUT2D eigenvalue weighted by molar-refractivity contribution is 5.69. The first-order chi connectivity index (χ1) is 8.13. The number of likely N-dealkylation sites (tertiary alicyclic amines) is 1. The van der Waals surface area contributed by atoms with E-state index in [0.29, 0.717) is 6.54 Å². The van der Waals surface area contributed by atoms with Gasteiger partial charge in [-0.3, -0.25) is 4.79 Å². The topological polar surface area (TPSA) is 55.8 Å². The molecule has 0 saturated carbocycles. The third-order valence-corrected chi connectivity index (χ3v) is 3.43. The van der Waals surface area contributed by atoms with Crippen LogP contribution in [-0.4, -0.2) is 42.8 Å². The van der Waals surface area contributed by atoms with E-state index in [0.717, 1.165) is 12.8 Å². The van der Waals surface area contributed by atoms with Crippen LogP contribution in [0.5, 0.6) is 0 Å². The van der Waals surface area contributed by atoms with Gasteiger partial charge in [-0.1, -0.05) is 12.2 Å². The van der Waals surface area contributed by atoms with Crippen molar-refractivity contribution in [2.45, 2.75) is 31.9 Å². The molecule has 2 rings (SSSR count).